The van der Waals surface area contributed by atoms with E-state index in [1.165, 1.54) is 12.1 Å². The van der Waals surface area contributed by atoms with E-state index in [4.69, 9.17) is 4.74 Å². The summed E-state index contributed by atoms with van der Waals surface area (Å²) in [6, 6.07) is 7.79. The quantitative estimate of drug-likeness (QED) is 0.595. The molecule has 1 atom stereocenters. The SMILES string of the molecule is C=CCCOC(C)C(=O)Nc1cc(C(C)(C)C)nn1-c1ccc(F)cc1. The molecule has 0 aliphatic rings. The van der Waals surface area contributed by atoms with E-state index in [0.717, 1.165) is 5.69 Å². The summed E-state index contributed by atoms with van der Waals surface area (Å²) in [5.74, 6) is -0.0738. The Bertz CT molecular complexity index is 760. The molecule has 2 aromatic rings. The van der Waals surface area contributed by atoms with Crippen molar-refractivity contribution in [1.29, 1.82) is 0 Å². The average molecular weight is 359 g/mol. The third-order valence-electron chi connectivity index (χ3n) is 3.86. The molecular formula is C20H26FN3O2. The zero-order valence-electron chi connectivity index (χ0n) is 15.8. The van der Waals surface area contributed by atoms with E-state index >= 15 is 0 Å². The molecule has 1 amide bonds. The Balaban J connectivity index is 2.28. The molecule has 0 spiro atoms. The maximum atomic E-state index is 13.2. The zero-order chi connectivity index (χ0) is 19.3. The largest absolute Gasteiger partial charge is 0.368 e. The van der Waals surface area contributed by atoms with Crippen LogP contribution in [0.25, 0.3) is 5.69 Å². The standard InChI is InChI=1S/C20H26FN3O2/c1-6-7-12-26-14(2)19(25)22-18-13-17(20(3,4)5)23-24(18)16-10-8-15(21)9-11-16/h6,8-11,13-14H,1,7,12H2,2-5H3,(H,22,25). The van der Waals surface area contributed by atoms with Crippen LogP contribution in [0.5, 0.6) is 0 Å². The molecule has 1 unspecified atom stereocenters. The zero-order valence-corrected chi connectivity index (χ0v) is 15.8. The van der Waals surface area contributed by atoms with Gasteiger partial charge in [-0.05, 0) is 37.6 Å². The van der Waals surface area contributed by atoms with Gasteiger partial charge in [0.1, 0.15) is 17.7 Å². The number of nitrogens with one attached hydrogen (secondary N) is 1. The van der Waals surface area contributed by atoms with Gasteiger partial charge in [-0.25, -0.2) is 9.07 Å². The smallest absolute Gasteiger partial charge is 0.254 e. The number of halogens is 1. The van der Waals surface area contributed by atoms with Crippen molar-refractivity contribution < 1.29 is 13.9 Å². The highest BCUT2D eigenvalue weighted by Gasteiger charge is 2.23. The van der Waals surface area contributed by atoms with E-state index in [2.05, 4.69) is 17.0 Å². The number of hydrogen-bond donors (Lipinski definition) is 1. The number of rotatable bonds is 7. The van der Waals surface area contributed by atoms with Crippen molar-refractivity contribution in [2.45, 2.75) is 45.6 Å². The second kappa shape index (κ2) is 8.27. The van der Waals surface area contributed by atoms with Crippen molar-refractivity contribution in [1.82, 2.24) is 9.78 Å². The molecule has 0 radical (unpaired) electrons. The van der Waals surface area contributed by atoms with Crippen molar-refractivity contribution in [3.05, 3.63) is 54.5 Å². The number of ether oxygens (including phenoxy) is 1. The lowest BCUT2D eigenvalue weighted by molar-refractivity contribution is -0.126. The highest BCUT2D eigenvalue weighted by atomic mass is 19.1. The highest BCUT2D eigenvalue weighted by Crippen LogP contribution is 2.26. The summed E-state index contributed by atoms with van der Waals surface area (Å²) < 4.78 is 20.3. The van der Waals surface area contributed by atoms with Crippen LogP contribution in [0.1, 0.15) is 39.8 Å². The molecule has 1 heterocycles. The molecule has 0 fully saturated rings. The molecule has 0 aliphatic heterocycles. The molecule has 2 rings (SSSR count). The Hall–Kier alpha value is -2.47. The fraction of sp³-hybridized carbons (Fsp3) is 0.400. The molecular weight excluding hydrogens is 333 g/mol. The van der Waals surface area contributed by atoms with Gasteiger partial charge in [-0.3, -0.25) is 4.79 Å². The lowest BCUT2D eigenvalue weighted by atomic mass is 9.92. The van der Waals surface area contributed by atoms with Gasteiger partial charge in [0.15, 0.2) is 0 Å². The van der Waals surface area contributed by atoms with Gasteiger partial charge in [-0.15, -0.1) is 6.58 Å². The minimum atomic E-state index is -0.607. The van der Waals surface area contributed by atoms with Crippen LogP contribution in [0.3, 0.4) is 0 Å². The summed E-state index contributed by atoms with van der Waals surface area (Å²) in [5.41, 5.74) is 1.28. The fourth-order valence-corrected chi connectivity index (χ4v) is 2.25. The molecule has 1 N–H and O–H groups in total. The second-order valence-electron chi connectivity index (χ2n) is 7.13. The third-order valence-corrected chi connectivity index (χ3v) is 3.86. The van der Waals surface area contributed by atoms with Crippen LogP contribution in [-0.4, -0.2) is 28.4 Å². The summed E-state index contributed by atoms with van der Waals surface area (Å²) >= 11 is 0. The number of aromatic nitrogens is 2. The van der Waals surface area contributed by atoms with Crippen molar-refractivity contribution in [2.75, 3.05) is 11.9 Å². The molecule has 0 bridgehead atoms. The van der Waals surface area contributed by atoms with Gasteiger partial charge >= 0.3 is 0 Å². The van der Waals surface area contributed by atoms with Crippen LogP contribution < -0.4 is 5.32 Å². The van der Waals surface area contributed by atoms with Crippen molar-refractivity contribution in [3.8, 4) is 5.69 Å². The summed E-state index contributed by atoms with van der Waals surface area (Å²) in [6.45, 7) is 11.9. The topological polar surface area (TPSA) is 56.1 Å². The Morgan fingerprint density at radius 2 is 2.04 bits per heavy atom. The minimum absolute atomic E-state index is 0.198. The normalized spacial score (nSPS) is 12.7. The fourth-order valence-electron chi connectivity index (χ4n) is 2.25. The van der Waals surface area contributed by atoms with Crippen LogP contribution >= 0.6 is 0 Å². The van der Waals surface area contributed by atoms with Crippen molar-refractivity contribution >= 4 is 11.7 Å². The summed E-state index contributed by atoms with van der Waals surface area (Å²) in [4.78, 5) is 12.4. The monoisotopic (exact) mass is 359 g/mol. The van der Waals surface area contributed by atoms with E-state index in [0.29, 0.717) is 24.5 Å². The number of carbonyl (C=O) groups is 1. The summed E-state index contributed by atoms with van der Waals surface area (Å²) in [6.07, 6.45) is 1.81. The van der Waals surface area contributed by atoms with E-state index < -0.39 is 6.10 Å². The predicted molar refractivity (Wildman–Crippen MR) is 101 cm³/mol. The van der Waals surface area contributed by atoms with E-state index in [-0.39, 0.29) is 17.1 Å². The first-order valence-electron chi connectivity index (χ1n) is 8.62. The molecule has 0 saturated carbocycles. The predicted octanol–water partition coefficient (Wildman–Crippen LogP) is 4.23. The number of benzene rings is 1. The van der Waals surface area contributed by atoms with Crippen molar-refractivity contribution in [2.24, 2.45) is 0 Å². The molecule has 1 aromatic carbocycles. The molecule has 0 aliphatic carbocycles. The van der Waals surface area contributed by atoms with Crippen LogP contribution in [0.2, 0.25) is 0 Å². The summed E-state index contributed by atoms with van der Waals surface area (Å²) in [7, 11) is 0. The molecule has 26 heavy (non-hydrogen) atoms. The third kappa shape index (κ3) is 5.02. The Labute approximate surface area is 153 Å². The van der Waals surface area contributed by atoms with Crippen LogP contribution in [0, 0.1) is 5.82 Å². The number of hydrogen-bond acceptors (Lipinski definition) is 3. The van der Waals surface area contributed by atoms with Gasteiger partial charge in [-0.2, -0.15) is 5.10 Å². The molecule has 0 saturated heterocycles. The molecule has 140 valence electrons. The van der Waals surface area contributed by atoms with E-state index in [1.807, 2.05) is 26.8 Å². The maximum absolute atomic E-state index is 13.2. The maximum Gasteiger partial charge on any atom is 0.254 e. The second-order valence-corrected chi connectivity index (χ2v) is 7.13. The Morgan fingerprint density at radius 3 is 2.62 bits per heavy atom. The van der Waals surface area contributed by atoms with Crippen molar-refractivity contribution in [3.63, 3.8) is 0 Å². The van der Waals surface area contributed by atoms with Gasteiger partial charge in [0.25, 0.3) is 5.91 Å². The van der Waals surface area contributed by atoms with Gasteiger partial charge in [0.2, 0.25) is 0 Å². The van der Waals surface area contributed by atoms with E-state index in [1.54, 1.807) is 29.8 Å². The number of carbonyl (C=O) groups excluding carboxylic acids is 1. The van der Waals surface area contributed by atoms with Crippen LogP contribution in [-0.2, 0) is 14.9 Å². The van der Waals surface area contributed by atoms with Crippen LogP contribution in [0.15, 0.2) is 43.0 Å². The Kier molecular flexibility index (Phi) is 6.32. The number of nitrogens with zero attached hydrogens (tertiary/aromatic N) is 2. The molecule has 5 nitrogen and oxygen atoms in total. The van der Waals surface area contributed by atoms with Gasteiger partial charge in [-0.1, -0.05) is 26.8 Å². The first kappa shape index (κ1) is 19.8. The van der Waals surface area contributed by atoms with Crippen LogP contribution in [0.4, 0.5) is 10.2 Å². The van der Waals surface area contributed by atoms with Gasteiger partial charge in [0.05, 0.1) is 18.0 Å². The minimum Gasteiger partial charge on any atom is -0.368 e. The van der Waals surface area contributed by atoms with E-state index in [9.17, 15) is 9.18 Å². The van der Waals surface area contributed by atoms with Gasteiger partial charge < -0.3 is 10.1 Å². The molecule has 1 aromatic heterocycles. The lowest BCUT2D eigenvalue weighted by Crippen LogP contribution is -2.29. The first-order chi connectivity index (χ1) is 12.2. The number of amides is 1. The molecule has 6 heteroatoms. The lowest BCUT2D eigenvalue weighted by Gasteiger charge is -2.14. The van der Waals surface area contributed by atoms with Gasteiger partial charge in [0, 0.05) is 11.5 Å². The number of anilines is 1. The highest BCUT2D eigenvalue weighted by molar-refractivity contribution is 5.93. The first-order valence-corrected chi connectivity index (χ1v) is 8.62. The average Bonchev–Trinajstić information content (AvgIpc) is 2.99. The summed E-state index contributed by atoms with van der Waals surface area (Å²) in [5, 5.41) is 7.45. The Morgan fingerprint density at radius 1 is 1.38 bits per heavy atom.